The molecule has 1 atom stereocenters. The molecule has 2 aliphatic heterocycles. The van der Waals surface area contributed by atoms with Crippen molar-refractivity contribution in [1.82, 2.24) is 19.4 Å². The maximum absolute atomic E-state index is 12.4. The third-order valence-electron chi connectivity index (χ3n) is 6.86. The van der Waals surface area contributed by atoms with Crippen LogP contribution in [0.5, 0.6) is 17.5 Å². The van der Waals surface area contributed by atoms with Gasteiger partial charge in [0, 0.05) is 37.7 Å². The smallest absolute Gasteiger partial charge is 0.489 e. The largest absolute Gasteiger partial charge is 0.573 e. The van der Waals surface area contributed by atoms with E-state index in [1.807, 2.05) is 25.1 Å². The van der Waals surface area contributed by atoms with Crippen molar-refractivity contribution in [2.45, 2.75) is 32.0 Å². The number of rotatable bonds is 8. The fourth-order valence-electron chi connectivity index (χ4n) is 4.86. The summed E-state index contributed by atoms with van der Waals surface area (Å²) in [7, 11) is 0. The van der Waals surface area contributed by atoms with E-state index in [2.05, 4.69) is 19.5 Å². The molecule has 2 aromatic carbocycles. The van der Waals surface area contributed by atoms with Crippen LogP contribution in [-0.2, 0) is 13.1 Å². The van der Waals surface area contributed by atoms with Gasteiger partial charge in [-0.25, -0.2) is 4.98 Å². The molecular weight excluding hydrogens is 565 g/mol. The van der Waals surface area contributed by atoms with E-state index < -0.39 is 16.9 Å². The summed E-state index contributed by atoms with van der Waals surface area (Å²) in [5.41, 5.74) is 1.09. The average Bonchev–Trinajstić information content (AvgIpc) is 3.60. The number of fused-ring (bicyclic) bond motifs is 2. The highest BCUT2D eigenvalue weighted by Gasteiger charge is 2.41. The van der Waals surface area contributed by atoms with E-state index in [1.165, 1.54) is 18.3 Å². The quantitative estimate of drug-likeness (QED) is 0.210. The molecule has 15 heteroatoms. The van der Waals surface area contributed by atoms with Gasteiger partial charge in [-0.2, -0.15) is 0 Å². The van der Waals surface area contributed by atoms with Gasteiger partial charge < -0.3 is 29.2 Å². The third kappa shape index (κ3) is 6.15. The van der Waals surface area contributed by atoms with Gasteiger partial charge in [0.1, 0.15) is 24.3 Å². The number of hydrogen-bond acceptors (Lipinski definition) is 10. The van der Waals surface area contributed by atoms with Crippen LogP contribution in [0.25, 0.3) is 10.2 Å². The predicted molar refractivity (Wildman–Crippen MR) is 144 cm³/mol. The Balaban J connectivity index is 1.02. The molecule has 2 aromatic heterocycles. The maximum atomic E-state index is 12.4. The van der Waals surface area contributed by atoms with E-state index in [0.717, 1.165) is 47.1 Å². The summed E-state index contributed by atoms with van der Waals surface area (Å²) in [5.74, 6) is 0.200. The molecule has 4 aromatic rings. The lowest BCUT2D eigenvalue weighted by Crippen LogP contribution is -2.45. The Bertz CT molecular complexity index is 1540. The fourth-order valence-corrected chi connectivity index (χ4v) is 5.91. The molecule has 1 fully saturated rings. The number of nitro groups is 1. The molecule has 0 amide bonds. The van der Waals surface area contributed by atoms with E-state index in [9.17, 15) is 23.3 Å². The van der Waals surface area contributed by atoms with Crippen LogP contribution in [0.2, 0.25) is 0 Å². The number of nitrogens with zero attached hydrogens (tertiary/aromatic N) is 6. The number of alkyl halides is 3. The van der Waals surface area contributed by atoms with Crippen molar-refractivity contribution < 1.29 is 32.3 Å². The predicted octanol–water partition coefficient (Wildman–Crippen LogP) is 4.85. The minimum Gasteiger partial charge on any atom is -0.489 e. The number of thiazole rings is 1. The van der Waals surface area contributed by atoms with Gasteiger partial charge in [0.05, 0.1) is 16.8 Å². The summed E-state index contributed by atoms with van der Waals surface area (Å²) in [5, 5.41) is 11.8. The van der Waals surface area contributed by atoms with E-state index in [1.54, 1.807) is 28.0 Å². The van der Waals surface area contributed by atoms with Gasteiger partial charge in [0.15, 0.2) is 10.7 Å². The normalized spacial score (nSPS) is 19.3. The number of benzene rings is 2. The Labute approximate surface area is 235 Å². The van der Waals surface area contributed by atoms with Crippen LogP contribution < -0.4 is 19.1 Å². The molecule has 0 bridgehead atoms. The summed E-state index contributed by atoms with van der Waals surface area (Å²) in [6.45, 7) is 6.29. The number of hydrogen-bond donors (Lipinski definition) is 0. The molecule has 2 aliphatic rings. The number of ether oxygens (including phenoxy) is 3. The molecule has 6 rings (SSSR count). The molecule has 1 saturated heterocycles. The monoisotopic (exact) mass is 590 g/mol. The first-order valence-corrected chi connectivity index (χ1v) is 13.6. The molecule has 0 N–H and O–H groups in total. The van der Waals surface area contributed by atoms with Crippen LogP contribution in [0, 0.1) is 10.1 Å². The second kappa shape index (κ2) is 10.4. The van der Waals surface area contributed by atoms with Crippen molar-refractivity contribution >= 4 is 32.5 Å². The van der Waals surface area contributed by atoms with Crippen LogP contribution in [0.1, 0.15) is 12.5 Å². The molecule has 41 heavy (non-hydrogen) atoms. The summed E-state index contributed by atoms with van der Waals surface area (Å²) < 4.78 is 55.6. The van der Waals surface area contributed by atoms with Crippen LogP contribution in [0.3, 0.4) is 0 Å². The van der Waals surface area contributed by atoms with E-state index in [4.69, 9.17) is 14.5 Å². The number of aromatic nitrogens is 3. The Kier molecular flexibility index (Phi) is 6.85. The summed E-state index contributed by atoms with van der Waals surface area (Å²) >= 11 is 1.58. The van der Waals surface area contributed by atoms with E-state index >= 15 is 0 Å². The second-order valence-electron chi connectivity index (χ2n) is 10.2. The Morgan fingerprint density at radius 3 is 2.51 bits per heavy atom. The second-order valence-corrected chi connectivity index (χ2v) is 11.2. The van der Waals surface area contributed by atoms with Gasteiger partial charge in [-0.15, -0.1) is 13.2 Å². The molecule has 0 saturated carbocycles. The molecular formula is C26H25F3N6O5S. The lowest BCUT2D eigenvalue weighted by molar-refractivity contribution is -0.389. The zero-order valence-electron chi connectivity index (χ0n) is 21.8. The zero-order chi connectivity index (χ0) is 28.8. The number of halogens is 3. The van der Waals surface area contributed by atoms with Crippen LogP contribution in [0.15, 0.2) is 48.7 Å². The average molecular weight is 591 g/mol. The van der Waals surface area contributed by atoms with Gasteiger partial charge >= 0.3 is 18.2 Å². The van der Waals surface area contributed by atoms with Gasteiger partial charge in [-0.3, -0.25) is 9.47 Å². The summed E-state index contributed by atoms with van der Waals surface area (Å²) in [4.78, 5) is 23.6. The summed E-state index contributed by atoms with van der Waals surface area (Å²) in [6, 6.07) is 11.9. The molecule has 0 aliphatic carbocycles. The molecule has 4 heterocycles. The van der Waals surface area contributed by atoms with E-state index in [0.29, 0.717) is 18.8 Å². The first-order chi connectivity index (χ1) is 19.5. The molecule has 216 valence electrons. The summed E-state index contributed by atoms with van der Waals surface area (Å²) in [6.07, 6.45) is -3.34. The molecule has 1 unspecified atom stereocenters. The van der Waals surface area contributed by atoms with Gasteiger partial charge in [-0.1, -0.05) is 23.5 Å². The minimum atomic E-state index is -4.70. The Morgan fingerprint density at radius 2 is 1.83 bits per heavy atom. The van der Waals surface area contributed by atoms with Gasteiger partial charge in [-0.05, 0) is 47.7 Å². The van der Waals surface area contributed by atoms with Crippen LogP contribution in [-0.4, -0.2) is 69.1 Å². The molecule has 11 nitrogen and oxygen atoms in total. The first kappa shape index (κ1) is 27.1. The van der Waals surface area contributed by atoms with Crippen molar-refractivity contribution in [1.29, 1.82) is 0 Å². The standard InChI is InChI=1S/C26H25F3N6O5S/c1-25(15-34-14-22(35(36)37)31-23(34)40-25)16-38-19-6-7-20-21(12-19)41-24(30-20)33-10-8-32(9-11-33)13-17-2-4-18(5-3-17)39-26(27,28)29/h2-7,12,14H,8-11,13,15-16H2,1H3. The molecule has 0 spiro atoms. The lowest BCUT2D eigenvalue weighted by atomic mass is 10.1. The van der Waals surface area contributed by atoms with Crippen LogP contribution in [0.4, 0.5) is 24.1 Å². The van der Waals surface area contributed by atoms with Crippen molar-refractivity contribution in [2.75, 3.05) is 37.7 Å². The topological polar surface area (TPSA) is 108 Å². The SMILES string of the molecule is CC1(COc2ccc3nc(N4CCN(Cc5ccc(OC(F)(F)F)cc5)CC4)sc3c2)Cn2cc([N+](=O)[O-])nc2O1. The molecule has 0 radical (unpaired) electrons. The van der Waals surface area contributed by atoms with Crippen LogP contribution >= 0.6 is 11.3 Å². The zero-order valence-corrected chi connectivity index (χ0v) is 22.7. The lowest BCUT2D eigenvalue weighted by Gasteiger charge is -2.34. The number of piperazine rings is 1. The van der Waals surface area contributed by atoms with E-state index in [-0.39, 0.29) is 24.2 Å². The Morgan fingerprint density at radius 1 is 1.10 bits per heavy atom. The number of anilines is 1. The highest BCUT2D eigenvalue weighted by Crippen LogP contribution is 2.34. The Hall–Kier alpha value is -4.11. The van der Waals surface area contributed by atoms with Crippen molar-refractivity contribution in [3.63, 3.8) is 0 Å². The van der Waals surface area contributed by atoms with Crippen molar-refractivity contribution in [3.05, 3.63) is 64.3 Å². The van der Waals surface area contributed by atoms with Gasteiger partial charge in [0.2, 0.25) is 0 Å². The highest BCUT2D eigenvalue weighted by molar-refractivity contribution is 7.22. The first-order valence-electron chi connectivity index (χ1n) is 12.8. The van der Waals surface area contributed by atoms with Gasteiger partial charge in [0.25, 0.3) is 0 Å². The third-order valence-corrected chi connectivity index (χ3v) is 7.93. The minimum absolute atomic E-state index is 0.207. The van der Waals surface area contributed by atoms with Crippen molar-refractivity contribution in [3.8, 4) is 17.5 Å². The highest BCUT2D eigenvalue weighted by atomic mass is 32.1. The fraction of sp³-hybridized carbons (Fsp3) is 0.385. The number of imidazole rings is 1. The maximum Gasteiger partial charge on any atom is 0.573 e. The van der Waals surface area contributed by atoms with Crippen molar-refractivity contribution in [2.24, 2.45) is 0 Å².